The zero-order valence-corrected chi connectivity index (χ0v) is 11.7. The number of aromatic nitrogens is 2. The monoisotopic (exact) mass is 270 g/mol. The lowest BCUT2D eigenvalue weighted by Gasteiger charge is -2.12. The average Bonchev–Trinajstić information content (AvgIpc) is 2.46. The lowest BCUT2D eigenvalue weighted by Crippen LogP contribution is -2.05. The second-order valence-corrected chi connectivity index (χ2v) is 4.41. The molecule has 0 bridgehead atoms. The number of benzene rings is 1. The van der Waals surface area contributed by atoms with Crippen molar-refractivity contribution in [1.29, 1.82) is 5.26 Å². The van der Waals surface area contributed by atoms with E-state index in [1.165, 1.54) is 12.1 Å². The first-order valence-electron chi connectivity index (χ1n) is 6.35. The second-order valence-electron chi connectivity index (χ2n) is 4.41. The van der Waals surface area contributed by atoms with Crippen LogP contribution < -0.4 is 5.32 Å². The molecule has 0 amide bonds. The first-order chi connectivity index (χ1) is 9.58. The maximum Gasteiger partial charge on any atom is 0.132 e. The number of hydrogen-bond donors (Lipinski definition) is 1. The smallest absolute Gasteiger partial charge is 0.132 e. The molecule has 20 heavy (non-hydrogen) atoms. The van der Waals surface area contributed by atoms with Crippen LogP contribution in [0.5, 0.6) is 0 Å². The number of rotatable bonds is 3. The fourth-order valence-corrected chi connectivity index (χ4v) is 2.04. The van der Waals surface area contributed by atoms with Gasteiger partial charge < -0.3 is 5.32 Å². The van der Waals surface area contributed by atoms with Gasteiger partial charge in [0.2, 0.25) is 0 Å². The summed E-state index contributed by atoms with van der Waals surface area (Å²) in [5.74, 6) is 0.952. The standard InChI is InChI=1S/C15H15FN4/c1-4-13-19-14(9(2)15(18-3)20-13)11-5-10(8-17)6-12(16)7-11/h5-7H,4H2,1-3H3,(H,18,19,20). The largest absolute Gasteiger partial charge is 0.373 e. The van der Waals surface area contributed by atoms with Crippen LogP contribution in [0.1, 0.15) is 23.9 Å². The molecule has 0 saturated carbocycles. The van der Waals surface area contributed by atoms with Gasteiger partial charge in [-0.05, 0) is 25.1 Å². The summed E-state index contributed by atoms with van der Waals surface area (Å²) in [4.78, 5) is 8.84. The van der Waals surface area contributed by atoms with Gasteiger partial charge >= 0.3 is 0 Å². The molecule has 1 N–H and O–H groups in total. The van der Waals surface area contributed by atoms with E-state index in [2.05, 4.69) is 15.3 Å². The highest BCUT2D eigenvalue weighted by Crippen LogP contribution is 2.27. The third-order valence-electron chi connectivity index (χ3n) is 3.05. The van der Waals surface area contributed by atoms with Crippen LogP contribution in [0.25, 0.3) is 11.3 Å². The topological polar surface area (TPSA) is 61.6 Å². The number of nitriles is 1. The van der Waals surface area contributed by atoms with E-state index in [0.717, 1.165) is 11.4 Å². The van der Waals surface area contributed by atoms with Crippen molar-refractivity contribution in [3.63, 3.8) is 0 Å². The summed E-state index contributed by atoms with van der Waals surface area (Å²) >= 11 is 0. The molecule has 0 unspecified atom stereocenters. The van der Waals surface area contributed by atoms with Crippen LogP contribution in [0.3, 0.4) is 0 Å². The molecule has 0 fully saturated rings. The van der Waals surface area contributed by atoms with Crippen LogP contribution in [0.4, 0.5) is 10.2 Å². The van der Waals surface area contributed by atoms with Gasteiger partial charge in [-0.15, -0.1) is 0 Å². The summed E-state index contributed by atoms with van der Waals surface area (Å²) in [7, 11) is 1.78. The SMILES string of the molecule is CCc1nc(NC)c(C)c(-c2cc(F)cc(C#N)c2)n1. The molecule has 0 spiro atoms. The fraction of sp³-hybridized carbons (Fsp3) is 0.267. The van der Waals surface area contributed by atoms with Crippen molar-refractivity contribution in [2.75, 3.05) is 12.4 Å². The van der Waals surface area contributed by atoms with Gasteiger partial charge in [0, 0.05) is 24.6 Å². The van der Waals surface area contributed by atoms with Gasteiger partial charge in [0.1, 0.15) is 17.5 Å². The molecule has 0 radical (unpaired) electrons. The molecule has 1 aromatic carbocycles. The van der Waals surface area contributed by atoms with Crippen molar-refractivity contribution in [3.05, 3.63) is 41.0 Å². The first kappa shape index (κ1) is 13.9. The Labute approximate surface area is 117 Å². The summed E-state index contributed by atoms with van der Waals surface area (Å²) in [5.41, 5.74) is 2.35. The average molecular weight is 270 g/mol. The molecule has 0 aliphatic heterocycles. The predicted molar refractivity (Wildman–Crippen MR) is 75.8 cm³/mol. The van der Waals surface area contributed by atoms with E-state index < -0.39 is 5.82 Å². The van der Waals surface area contributed by atoms with Crippen LogP contribution >= 0.6 is 0 Å². The van der Waals surface area contributed by atoms with E-state index >= 15 is 0 Å². The Kier molecular flexibility index (Phi) is 3.94. The summed E-state index contributed by atoms with van der Waals surface area (Å²) in [6, 6.07) is 6.18. The highest BCUT2D eigenvalue weighted by molar-refractivity contribution is 5.69. The molecular formula is C15H15FN4. The molecule has 102 valence electrons. The number of nitrogens with zero attached hydrogens (tertiary/aromatic N) is 3. The zero-order chi connectivity index (χ0) is 14.7. The van der Waals surface area contributed by atoms with Crippen molar-refractivity contribution in [1.82, 2.24) is 9.97 Å². The second kappa shape index (κ2) is 5.66. The Morgan fingerprint density at radius 3 is 2.65 bits per heavy atom. The molecule has 0 aliphatic carbocycles. The van der Waals surface area contributed by atoms with Crippen LogP contribution in [0, 0.1) is 24.1 Å². The lowest BCUT2D eigenvalue weighted by atomic mass is 10.0. The maximum absolute atomic E-state index is 13.6. The third-order valence-corrected chi connectivity index (χ3v) is 3.05. The van der Waals surface area contributed by atoms with Gasteiger partial charge in [-0.2, -0.15) is 5.26 Å². The summed E-state index contributed by atoms with van der Waals surface area (Å²) in [6.45, 7) is 3.83. The van der Waals surface area contributed by atoms with E-state index in [9.17, 15) is 4.39 Å². The van der Waals surface area contributed by atoms with Crippen molar-refractivity contribution >= 4 is 5.82 Å². The van der Waals surface area contributed by atoms with E-state index in [4.69, 9.17) is 5.26 Å². The molecule has 5 heteroatoms. The van der Waals surface area contributed by atoms with Gasteiger partial charge in [0.25, 0.3) is 0 Å². The van der Waals surface area contributed by atoms with Crippen molar-refractivity contribution in [3.8, 4) is 17.3 Å². The zero-order valence-electron chi connectivity index (χ0n) is 11.7. The number of anilines is 1. The molecule has 4 nitrogen and oxygen atoms in total. The van der Waals surface area contributed by atoms with Crippen LogP contribution in [0.15, 0.2) is 18.2 Å². The normalized spacial score (nSPS) is 10.2. The van der Waals surface area contributed by atoms with Gasteiger partial charge in [-0.25, -0.2) is 14.4 Å². The Bertz CT molecular complexity index is 689. The molecule has 0 saturated heterocycles. The fourth-order valence-electron chi connectivity index (χ4n) is 2.04. The molecule has 0 aliphatic rings. The third kappa shape index (κ3) is 2.59. The molecule has 1 aromatic heterocycles. The Balaban J connectivity index is 2.68. The highest BCUT2D eigenvalue weighted by Gasteiger charge is 2.13. The number of aryl methyl sites for hydroxylation is 1. The maximum atomic E-state index is 13.6. The molecular weight excluding hydrogens is 255 g/mol. The lowest BCUT2D eigenvalue weighted by molar-refractivity contribution is 0.627. The molecule has 2 rings (SSSR count). The summed E-state index contributed by atoms with van der Waals surface area (Å²) < 4.78 is 13.6. The minimum atomic E-state index is -0.443. The molecule has 1 heterocycles. The van der Waals surface area contributed by atoms with Crippen LogP contribution in [-0.2, 0) is 6.42 Å². The minimum absolute atomic E-state index is 0.280. The van der Waals surface area contributed by atoms with E-state index in [0.29, 0.717) is 23.5 Å². The Morgan fingerprint density at radius 2 is 2.05 bits per heavy atom. The van der Waals surface area contributed by atoms with Crippen LogP contribution in [0.2, 0.25) is 0 Å². The minimum Gasteiger partial charge on any atom is -0.373 e. The Morgan fingerprint density at radius 1 is 1.30 bits per heavy atom. The van der Waals surface area contributed by atoms with E-state index in [1.54, 1.807) is 13.1 Å². The van der Waals surface area contributed by atoms with Crippen molar-refractivity contribution in [2.45, 2.75) is 20.3 Å². The highest BCUT2D eigenvalue weighted by atomic mass is 19.1. The van der Waals surface area contributed by atoms with Gasteiger partial charge in [-0.1, -0.05) is 6.92 Å². The van der Waals surface area contributed by atoms with E-state index in [1.807, 2.05) is 19.9 Å². The van der Waals surface area contributed by atoms with Gasteiger partial charge in [-0.3, -0.25) is 0 Å². The molecule has 2 aromatic rings. The summed E-state index contributed by atoms with van der Waals surface area (Å²) in [5, 5.41) is 12.0. The van der Waals surface area contributed by atoms with Crippen molar-refractivity contribution in [2.24, 2.45) is 0 Å². The number of nitrogens with one attached hydrogen (secondary N) is 1. The van der Waals surface area contributed by atoms with Gasteiger partial charge in [0.05, 0.1) is 17.3 Å². The quantitative estimate of drug-likeness (QED) is 0.931. The predicted octanol–water partition coefficient (Wildman–Crippen LogP) is 3.07. The first-order valence-corrected chi connectivity index (χ1v) is 6.35. The summed E-state index contributed by atoms with van der Waals surface area (Å²) in [6.07, 6.45) is 0.683. The van der Waals surface area contributed by atoms with Gasteiger partial charge in [0.15, 0.2) is 0 Å². The van der Waals surface area contributed by atoms with Crippen LogP contribution in [-0.4, -0.2) is 17.0 Å². The van der Waals surface area contributed by atoms with Crippen molar-refractivity contribution < 1.29 is 4.39 Å². The number of hydrogen-bond acceptors (Lipinski definition) is 4. The molecule has 0 atom stereocenters. The Hall–Kier alpha value is -2.48. The van der Waals surface area contributed by atoms with E-state index in [-0.39, 0.29) is 5.56 Å². The number of halogens is 1.